The summed E-state index contributed by atoms with van der Waals surface area (Å²) in [6, 6.07) is 8.66. The number of pyridine rings is 2. The first kappa shape index (κ1) is 26.2. The average Bonchev–Trinajstić information content (AvgIpc) is 2.82. The van der Waals surface area contributed by atoms with E-state index in [2.05, 4.69) is 15.3 Å². The fourth-order valence-electron chi connectivity index (χ4n) is 3.87. The average molecular weight is 545 g/mol. The summed E-state index contributed by atoms with van der Waals surface area (Å²) in [6.07, 6.45) is 1.90. The molecule has 0 fully saturated rings. The first-order chi connectivity index (χ1) is 17.3. The smallest absolute Gasteiger partial charge is 0.285 e. The van der Waals surface area contributed by atoms with Crippen molar-refractivity contribution in [1.29, 1.82) is 0 Å². The minimum absolute atomic E-state index is 0.000498. The van der Waals surface area contributed by atoms with Gasteiger partial charge in [0.2, 0.25) is 10.0 Å². The van der Waals surface area contributed by atoms with E-state index in [4.69, 9.17) is 16.6 Å². The predicted molar refractivity (Wildman–Crippen MR) is 139 cm³/mol. The topological polar surface area (TPSA) is 136 Å². The number of amides is 1. The fourth-order valence-corrected chi connectivity index (χ4v) is 4.45. The molecule has 3 heterocycles. The van der Waals surface area contributed by atoms with E-state index in [1.54, 1.807) is 20.0 Å². The van der Waals surface area contributed by atoms with Crippen LogP contribution in [0.15, 0.2) is 47.4 Å². The maximum absolute atomic E-state index is 13.4. The number of nitrogens with one attached hydrogen (secondary N) is 2. The number of carbonyl (C=O) groups excluding carboxylic acids is 1. The summed E-state index contributed by atoms with van der Waals surface area (Å²) in [7, 11) is -2.29. The van der Waals surface area contributed by atoms with Crippen molar-refractivity contribution in [3.8, 4) is 11.5 Å². The Balaban J connectivity index is 1.83. The molecule has 1 aromatic carbocycles. The molecule has 0 saturated heterocycles. The van der Waals surface area contributed by atoms with Crippen LogP contribution in [0.5, 0.6) is 0 Å². The van der Waals surface area contributed by atoms with Crippen LogP contribution in [0.1, 0.15) is 34.6 Å². The van der Waals surface area contributed by atoms with Crippen LogP contribution in [-0.4, -0.2) is 40.1 Å². The molecule has 13 heteroatoms. The molecule has 1 atom stereocenters. The molecule has 4 rings (SSSR count). The van der Waals surface area contributed by atoms with E-state index >= 15 is 0 Å². The zero-order valence-electron chi connectivity index (χ0n) is 20.2. The molecular formula is C24H22ClFN6O4S. The third-order valence-corrected chi connectivity index (χ3v) is 6.27. The lowest BCUT2D eigenvalue weighted by Gasteiger charge is -2.20. The van der Waals surface area contributed by atoms with Crippen LogP contribution in [0.3, 0.4) is 0 Å². The highest BCUT2D eigenvalue weighted by Crippen LogP contribution is 2.29. The number of carbonyl (C=O) groups is 1. The summed E-state index contributed by atoms with van der Waals surface area (Å²) < 4.78 is 39.8. The van der Waals surface area contributed by atoms with E-state index in [9.17, 15) is 22.4 Å². The van der Waals surface area contributed by atoms with Gasteiger partial charge in [0.25, 0.3) is 11.5 Å². The lowest BCUT2D eigenvalue weighted by molar-refractivity contribution is 0.0977. The van der Waals surface area contributed by atoms with Gasteiger partial charge < -0.3 is 5.32 Å². The maximum atomic E-state index is 13.4. The van der Waals surface area contributed by atoms with E-state index in [1.165, 1.54) is 28.8 Å². The molecule has 3 aromatic heterocycles. The molecule has 0 aliphatic heterocycles. The molecule has 0 spiro atoms. The monoisotopic (exact) mass is 544 g/mol. The largest absolute Gasteiger partial charge is 0.377 e. The van der Waals surface area contributed by atoms with Crippen LogP contribution in [0.25, 0.3) is 22.4 Å². The number of nitrogens with zero attached hydrogens (tertiary/aromatic N) is 4. The van der Waals surface area contributed by atoms with Crippen LogP contribution in [0.4, 0.5) is 10.1 Å². The van der Waals surface area contributed by atoms with Crippen molar-refractivity contribution in [2.24, 2.45) is 7.05 Å². The molecular weight excluding hydrogens is 523 g/mol. The third kappa shape index (κ3) is 5.59. The minimum Gasteiger partial charge on any atom is -0.377 e. The number of fused-ring (bicyclic) bond motifs is 1. The van der Waals surface area contributed by atoms with Gasteiger partial charge in [-0.2, -0.15) is 0 Å². The highest BCUT2D eigenvalue weighted by Gasteiger charge is 2.22. The van der Waals surface area contributed by atoms with Gasteiger partial charge in [-0.3, -0.25) is 14.2 Å². The number of hydrogen-bond acceptors (Lipinski definition) is 8. The van der Waals surface area contributed by atoms with Gasteiger partial charge in [-0.25, -0.2) is 32.5 Å². The standard InChI is InChI=1S/C24H22ClFN6O4S/c1-12-9-15(13(2)28-17-7-8-19(25)29-21(17)23(33)31-37(4,35)36)20-16(10-12)24(34)32(3)22(30-20)18-6-5-14(26)11-27-18/h5-11,13,28H,1-4H3,(H,31,33)/t13-/m1/s1. The molecule has 2 N–H and O–H groups in total. The van der Waals surface area contributed by atoms with E-state index in [1.807, 2.05) is 17.7 Å². The molecule has 0 radical (unpaired) electrons. The van der Waals surface area contributed by atoms with Gasteiger partial charge in [0, 0.05) is 12.6 Å². The molecule has 0 bridgehead atoms. The first-order valence-electron chi connectivity index (χ1n) is 10.9. The van der Waals surface area contributed by atoms with Gasteiger partial charge in [-0.15, -0.1) is 0 Å². The number of benzene rings is 1. The number of hydrogen-bond donors (Lipinski definition) is 2. The molecule has 0 saturated carbocycles. The first-order valence-corrected chi connectivity index (χ1v) is 13.2. The van der Waals surface area contributed by atoms with Gasteiger partial charge in [0.15, 0.2) is 11.5 Å². The number of aryl methyl sites for hydroxylation is 1. The summed E-state index contributed by atoms with van der Waals surface area (Å²) in [4.78, 5) is 38.6. The number of anilines is 1. The minimum atomic E-state index is -3.85. The van der Waals surface area contributed by atoms with Gasteiger partial charge in [0.1, 0.15) is 16.7 Å². The van der Waals surface area contributed by atoms with Crippen molar-refractivity contribution in [2.75, 3.05) is 11.6 Å². The van der Waals surface area contributed by atoms with Crippen LogP contribution in [0.2, 0.25) is 5.15 Å². The Hall–Kier alpha value is -3.90. The summed E-state index contributed by atoms with van der Waals surface area (Å²) in [5.74, 6) is -1.22. The maximum Gasteiger partial charge on any atom is 0.285 e. The summed E-state index contributed by atoms with van der Waals surface area (Å²) in [5, 5.41) is 3.51. The highest BCUT2D eigenvalue weighted by molar-refractivity contribution is 7.89. The Morgan fingerprint density at radius 2 is 1.89 bits per heavy atom. The Morgan fingerprint density at radius 3 is 2.54 bits per heavy atom. The Bertz CT molecular complexity index is 1710. The normalized spacial score (nSPS) is 12.4. The zero-order chi connectivity index (χ0) is 27.1. The van der Waals surface area contributed by atoms with Gasteiger partial charge in [-0.05, 0) is 49.7 Å². The fraction of sp³-hybridized carbons (Fsp3) is 0.208. The molecule has 4 aromatic rings. The number of rotatable bonds is 6. The van der Waals surface area contributed by atoms with Crippen LogP contribution >= 0.6 is 11.6 Å². The second-order valence-corrected chi connectivity index (χ2v) is 10.6. The predicted octanol–water partition coefficient (Wildman–Crippen LogP) is 3.35. The van der Waals surface area contributed by atoms with Crippen molar-refractivity contribution < 1.29 is 17.6 Å². The van der Waals surface area contributed by atoms with Crippen LogP contribution in [-0.2, 0) is 17.1 Å². The molecule has 0 unspecified atom stereocenters. The van der Waals surface area contributed by atoms with Crippen molar-refractivity contribution in [3.05, 3.63) is 80.7 Å². The Kier molecular flexibility index (Phi) is 6.98. The Labute approximate surface area is 216 Å². The molecule has 1 amide bonds. The third-order valence-electron chi connectivity index (χ3n) is 5.50. The lowest BCUT2D eigenvalue weighted by Crippen LogP contribution is -2.31. The number of sulfonamides is 1. The second-order valence-electron chi connectivity index (χ2n) is 8.51. The van der Waals surface area contributed by atoms with E-state index in [0.717, 1.165) is 18.0 Å². The summed E-state index contributed by atoms with van der Waals surface area (Å²) in [6.45, 7) is 3.62. The number of aromatic nitrogens is 4. The van der Waals surface area contributed by atoms with E-state index in [0.29, 0.717) is 22.2 Å². The molecule has 192 valence electrons. The Morgan fingerprint density at radius 1 is 1.16 bits per heavy atom. The van der Waals surface area contributed by atoms with Gasteiger partial charge in [-0.1, -0.05) is 17.7 Å². The molecule has 0 aliphatic carbocycles. The number of halogens is 2. The van der Waals surface area contributed by atoms with Crippen LogP contribution in [0, 0.1) is 12.7 Å². The SMILES string of the molecule is Cc1cc([C@@H](C)Nc2ccc(Cl)nc2C(=O)NS(C)(=O)=O)c2nc(-c3ccc(F)cn3)n(C)c(=O)c2c1. The van der Waals surface area contributed by atoms with Crippen molar-refractivity contribution in [1.82, 2.24) is 24.2 Å². The van der Waals surface area contributed by atoms with Crippen molar-refractivity contribution >= 4 is 44.1 Å². The quantitative estimate of drug-likeness (QED) is 0.353. The lowest BCUT2D eigenvalue weighted by atomic mass is 10.0. The summed E-state index contributed by atoms with van der Waals surface area (Å²) >= 11 is 5.96. The van der Waals surface area contributed by atoms with Crippen LogP contribution < -0.4 is 15.6 Å². The molecule has 10 nitrogen and oxygen atoms in total. The molecule has 0 aliphatic rings. The zero-order valence-corrected chi connectivity index (χ0v) is 21.8. The van der Waals surface area contributed by atoms with E-state index < -0.39 is 27.8 Å². The van der Waals surface area contributed by atoms with Crippen molar-refractivity contribution in [2.45, 2.75) is 19.9 Å². The van der Waals surface area contributed by atoms with Gasteiger partial charge in [0.05, 0.1) is 35.1 Å². The highest BCUT2D eigenvalue weighted by atomic mass is 35.5. The van der Waals surface area contributed by atoms with Crippen molar-refractivity contribution in [3.63, 3.8) is 0 Å². The van der Waals surface area contributed by atoms with E-state index in [-0.39, 0.29) is 27.9 Å². The van der Waals surface area contributed by atoms with Gasteiger partial charge >= 0.3 is 0 Å². The summed E-state index contributed by atoms with van der Waals surface area (Å²) in [5.41, 5.74) is 1.81. The molecule has 37 heavy (non-hydrogen) atoms. The second kappa shape index (κ2) is 9.87.